The fraction of sp³-hybridized carbons (Fsp3) is 0.667. The van der Waals surface area contributed by atoms with Crippen LogP contribution in [0.3, 0.4) is 0 Å². The lowest BCUT2D eigenvalue weighted by molar-refractivity contribution is -0.138. The van der Waals surface area contributed by atoms with E-state index in [0.29, 0.717) is 6.54 Å². The number of nitrogens with zero attached hydrogens (tertiary/aromatic N) is 1. The van der Waals surface area contributed by atoms with E-state index in [2.05, 4.69) is 5.32 Å². The van der Waals surface area contributed by atoms with E-state index in [1.807, 2.05) is 6.26 Å². The van der Waals surface area contributed by atoms with E-state index in [-0.39, 0.29) is 12.8 Å². The number of imide groups is 1. The Morgan fingerprint density at radius 2 is 1.94 bits per heavy atom. The molecule has 16 heavy (non-hydrogen) atoms. The molecule has 0 heterocycles. The molecular weight excluding hydrogens is 232 g/mol. The summed E-state index contributed by atoms with van der Waals surface area (Å²) in [6, 6.07) is -0.496. The Balaban J connectivity index is 3.85. The van der Waals surface area contributed by atoms with Crippen LogP contribution in [0.25, 0.3) is 0 Å². The maximum atomic E-state index is 11.3. The third-order valence-electron chi connectivity index (χ3n) is 1.79. The van der Waals surface area contributed by atoms with Crippen LogP contribution in [-0.4, -0.2) is 53.5 Å². The molecule has 0 fully saturated rings. The highest BCUT2D eigenvalue weighted by Crippen LogP contribution is 1.94. The van der Waals surface area contributed by atoms with E-state index in [9.17, 15) is 14.4 Å². The van der Waals surface area contributed by atoms with Crippen molar-refractivity contribution in [3.05, 3.63) is 0 Å². The first-order chi connectivity index (χ1) is 7.47. The zero-order chi connectivity index (χ0) is 12.6. The van der Waals surface area contributed by atoms with Crippen LogP contribution >= 0.6 is 11.8 Å². The number of rotatable bonds is 6. The lowest BCUT2D eigenvalue weighted by Gasteiger charge is -2.16. The van der Waals surface area contributed by atoms with Crippen LogP contribution in [0, 0.1) is 0 Å². The second kappa shape index (κ2) is 7.98. The molecule has 0 saturated carbocycles. The van der Waals surface area contributed by atoms with Crippen molar-refractivity contribution < 1.29 is 19.5 Å². The third-order valence-corrected chi connectivity index (χ3v) is 2.38. The average molecular weight is 248 g/mol. The summed E-state index contributed by atoms with van der Waals surface area (Å²) in [5, 5.41) is 10.5. The van der Waals surface area contributed by atoms with Gasteiger partial charge < -0.3 is 10.0 Å². The van der Waals surface area contributed by atoms with Crippen molar-refractivity contribution in [1.82, 2.24) is 10.2 Å². The SMILES string of the molecule is CSCCN(C)C(=O)NC(=O)CCC(=O)O. The quantitative estimate of drug-likeness (QED) is 0.709. The van der Waals surface area contributed by atoms with Gasteiger partial charge in [-0.1, -0.05) is 0 Å². The maximum absolute atomic E-state index is 11.3. The molecule has 0 aromatic rings. The monoisotopic (exact) mass is 248 g/mol. The number of aliphatic carboxylic acids is 1. The van der Waals surface area contributed by atoms with Crippen LogP contribution < -0.4 is 5.32 Å². The average Bonchev–Trinajstić information content (AvgIpc) is 2.22. The number of hydrogen-bond donors (Lipinski definition) is 2. The van der Waals surface area contributed by atoms with E-state index in [1.165, 1.54) is 4.90 Å². The summed E-state index contributed by atoms with van der Waals surface area (Å²) < 4.78 is 0. The summed E-state index contributed by atoms with van der Waals surface area (Å²) in [4.78, 5) is 34.0. The summed E-state index contributed by atoms with van der Waals surface area (Å²) in [6.45, 7) is 0.541. The van der Waals surface area contributed by atoms with Gasteiger partial charge in [-0.2, -0.15) is 11.8 Å². The highest BCUT2D eigenvalue weighted by Gasteiger charge is 2.12. The number of amides is 3. The Labute approximate surface area is 98.4 Å². The molecule has 0 aromatic heterocycles. The van der Waals surface area contributed by atoms with E-state index < -0.39 is 17.9 Å². The highest BCUT2D eigenvalue weighted by atomic mass is 32.2. The van der Waals surface area contributed by atoms with E-state index >= 15 is 0 Å². The van der Waals surface area contributed by atoms with Crippen LogP contribution in [0.15, 0.2) is 0 Å². The summed E-state index contributed by atoms with van der Waals surface area (Å²) in [7, 11) is 1.58. The fourth-order valence-electron chi connectivity index (χ4n) is 0.827. The Morgan fingerprint density at radius 1 is 1.31 bits per heavy atom. The normalized spacial score (nSPS) is 9.62. The minimum absolute atomic E-state index is 0.183. The second-order valence-electron chi connectivity index (χ2n) is 3.16. The molecule has 2 N–H and O–H groups in total. The number of urea groups is 1. The van der Waals surface area contributed by atoms with Gasteiger partial charge in [0.1, 0.15) is 0 Å². The van der Waals surface area contributed by atoms with Crippen LogP contribution in [0.4, 0.5) is 4.79 Å². The molecule has 0 spiro atoms. The standard InChI is InChI=1S/C9H16N2O4S/c1-11(5-6-16-2)9(15)10-7(12)3-4-8(13)14/h3-6H2,1-2H3,(H,13,14)(H,10,12,15). The fourth-order valence-corrected chi connectivity index (χ4v) is 1.28. The molecular formula is C9H16N2O4S. The smallest absolute Gasteiger partial charge is 0.323 e. The topological polar surface area (TPSA) is 86.7 Å². The number of carbonyl (C=O) groups excluding carboxylic acids is 2. The first-order valence-corrected chi connectivity index (χ1v) is 6.12. The number of nitrogens with one attached hydrogen (secondary N) is 1. The van der Waals surface area contributed by atoms with E-state index in [1.54, 1.807) is 18.8 Å². The van der Waals surface area contributed by atoms with Gasteiger partial charge in [-0.3, -0.25) is 14.9 Å². The lowest BCUT2D eigenvalue weighted by atomic mass is 10.3. The zero-order valence-electron chi connectivity index (χ0n) is 9.36. The molecule has 7 heteroatoms. The zero-order valence-corrected chi connectivity index (χ0v) is 10.2. The van der Waals surface area contributed by atoms with Gasteiger partial charge in [0.2, 0.25) is 5.91 Å². The molecule has 0 radical (unpaired) electrons. The molecule has 0 bridgehead atoms. The number of carbonyl (C=O) groups is 3. The molecule has 0 aromatic carbocycles. The second-order valence-corrected chi connectivity index (χ2v) is 4.15. The van der Waals surface area contributed by atoms with Gasteiger partial charge in [-0.15, -0.1) is 0 Å². The summed E-state index contributed by atoms with van der Waals surface area (Å²) in [6.07, 6.45) is 1.47. The minimum Gasteiger partial charge on any atom is -0.481 e. The van der Waals surface area contributed by atoms with Crippen LogP contribution in [0.1, 0.15) is 12.8 Å². The van der Waals surface area contributed by atoms with Gasteiger partial charge in [0, 0.05) is 25.8 Å². The van der Waals surface area contributed by atoms with Crippen LogP contribution in [0.5, 0.6) is 0 Å². The van der Waals surface area contributed by atoms with Gasteiger partial charge in [0.15, 0.2) is 0 Å². The van der Waals surface area contributed by atoms with Crippen molar-refractivity contribution in [1.29, 1.82) is 0 Å². The molecule has 3 amide bonds. The van der Waals surface area contributed by atoms with Crippen LogP contribution in [0.2, 0.25) is 0 Å². The summed E-state index contributed by atoms with van der Waals surface area (Å²) in [5.41, 5.74) is 0. The number of carboxylic acid groups (broad SMARTS) is 1. The number of hydrogen-bond acceptors (Lipinski definition) is 4. The molecule has 0 aliphatic heterocycles. The largest absolute Gasteiger partial charge is 0.481 e. The Hall–Kier alpha value is -1.24. The predicted octanol–water partition coefficient (Wildman–Crippen LogP) is 0.382. The summed E-state index contributed by atoms with van der Waals surface area (Å²) in [5.74, 6) is -0.838. The van der Waals surface area contributed by atoms with Gasteiger partial charge >= 0.3 is 12.0 Å². The lowest BCUT2D eigenvalue weighted by Crippen LogP contribution is -2.41. The Kier molecular flexibility index (Phi) is 7.36. The third kappa shape index (κ3) is 7.10. The summed E-state index contributed by atoms with van der Waals surface area (Å²) >= 11 is 1.60. The van der Waals surface area contributed by atoms with Crippen molar-refractivity contribution in [3.63, 3.8) is 0 Å². The van der Waals surface area contributed by atoms with Crippen molar-refractivity contribution in [2.45, 2.75) is 12.8 Å². The molecule has 92 valence electrons. The van der Waals surface area contributed by atoms with Gasteiger partial charge in [0.05, 0.1) is 6.42 Å². The highest BCUT2D eigenvalue weighted by molar-refractivity contribution is 7.98. The van der Waals surface area contributed by atoms with Crippen LogP contribution in [-0.2, 0) is 9.59 Å². The van der Waals surface area contributed by atoms with Gasteiger partial charge in [-0.05, 0) is 6.26 Å². The van der Waals surface area contributed by atoms with Crippen molar-refractivity contribution in [2.75, 3.05) is 25.6 Å². The molecule has 0 saturated heterocycles. The Morgan fingerprint density at radius 3 is 2.44 bits per heavy atom. The molecule has 0 aliphatic rings. The van der Waals surface area contributed by atoms with E-state index in [4.69, 9.17) is 5.11 Å². The van der Waals surface area contributed by atoms with Gasteiger partial charge in [0.25, 0.3) is 0 Å². The predicted molar refractivity (Wildman–Crippen MR) is 61.4 cm³/mol. The molecule has 0 aliphatic carbocycles. The number of carboxylic acids is 1. The van der Waals surface area contributed by atoms with E-state index in [0.717, 1.165) is 5.75 Å². The first kappa shape index (κ1) is 14.8. The molecule has 6 nitrogen and oxygen atoms in total. The molecule has 0 unspecified atom stereocenters. The first-order valence-electron chi connectivity index (χ1n) is 4.73. The molecule has 0 rings (SSSR count). The van der Waals surface area contributed by atoms with Crippen molar-refractivity contribution >= 4 is 29.7 Å². The number of thioether (sulfide) groups is 1. The Bertz CT molecular complexity index is 270. The van der Waals surface area contributed by atoms with Crippen molar-refractivity contribution in [3.8, 4) is 0 Å². The molecule has 0 atom stereocenters. The van der Waals surface area contributed by atoms with Crippen molar-refractivity contribution in [2.24, 2.45) is 0 Å². The maximum Gasteiger partial charge on any atom is 0.323 e. The van der Waals surface area contributed by atoms with Gasteiger partial charge in [-0.25, -0.2) is 4.79 Å². The minimum atomic E-state index is -1.06.